The Morgan fingerprint density at radius 1 is 1.45 bits per heavy atom. The van der Waals surface area contributed by atoms with Crippen LogP contribution in [-0.4, -0.2) is 15.9 Å². The highest BCUT2D eigenvalue weighted by Crippen LogP contribution is 2.35. The minimum atomic E-state index is 0.136. The molecule has 6 heteroatoms. The van der Waals surface area contributed by atoms with E-state index in [1.165, 1.54) is 0 Å². The average Bonchev–Trinajstić information content (AvgIpc) is 2.90. The molecule has 102 valence electrons. The van der Waals surface area contributed by atoms with E-state index < -0.39 is 0 Å². The lowest BCUT2D eigenvalue weighted by Crippen LogP contribution is -2.30. The Labute approximate surface area is 124 Å². The quantitative estimate of drug-likeness (QED) is 0.785. The Balaban J connectivity index is 2.14. The Bertz CT molecular complexity index is 748. The van der Waals surface area contributed by atoms with Gasteiger partial charge in [-0.2, -0.15) is 0 Å². The molecular weight excluding hydrogens is 320 g/mol. The van der Waals surface area contributed by atoms with Crippen molar-refractivity contribution in [3.8, 4) is 5.88 Å². The highest BCUT2D eigenvalue weighted by molar-refractivity contribution is 9.10. The van der Waals surface area contributed by atoms with Gasteiger partial charge in [0, 0.05) is 21.8 Å². The molecule has 0 unspecified atom stereocenters. The molecule has 1 aromatic carbocycles. The molecule has 0 radical (unpaired) electrons. The third-order valence-corrected chi connectivity index (χ3v) is 3.99. The summed E-state index contributed by atoms with van der Waals surface area (Å²) in [5, 5.41) is 10.1. The minimum Gasteiger partial charge on any atom is -0.481 e. The number of aliphatic imine (C=N–C) groups is 1. The molecular formula is C14H14BrN4O+. The van der Waals surface area contributed by atoms with Crippen LogP contribution in [0.25, 0.3) is 11.6 Å². The second-order valence-corrected chi connectivity index (χ2v) is 5.62. The number of halogens is 1. The minimum absolute atomic E-state index is 0.136. The summed E-state index contributed by atoms with van der Waals surface area (Å²) in [6, 6.07) is 5.94. The number of nitrogens with zero attached hydrogens (tertiary/aromatic N) is 3. The fourth-order valence-electron chi connectivity index (χ4n) is 2.27. The molecule has 0 saturated carbocycles. The van der Waals surface area contributed by atoms with Crippen LogP contribution in [0.4, 0.5) is 11.6 Å². The van der Waals surface area contributed by atoms with Gasteiger partial charge >= 0.3 is 5.95 Å². The maximum atomic E-state index is 10.1. The molecule has 20 heavy (non-hydrogen) atoms. The summed E-state index contributed by atoms with van der Waals surface area (Å²) in [4.78, 5) is 4.37. The Morgan fingerprint density at radius 2 is 2.20 bits per heavy atom. The first-order valence-corrected chi connectivity index (χ1v) is 6.87. The lowest BCUT2D eigenvalue weighted by Gasteiger charge is -2.00. The van der Waals surface area contributed by atoms with Crippen LogP contribution in [0.2, 0.25) is 0 Å². The van der Waals surface area contributed by atoms with Crippen molar-refractivity contribution >= 4 is 45.4 Å². The molecule has 0 fully saturated rings. The zero-order valence-corrected chi connectivity index (χ0v) is 12.7. The second kappa shape index (κ2) is 4.49. The smallest absolute Gasteiger partial charge is 0.358 e. The van der Waals surface area contributed by atoms with Crippen LogP contribution in [-0.2, 0) is 14.1 Å². The zero-order valence-electron chi connectivity index (χ0n) is 11.1. The van der Waals surface area contributed by atoms with E-state index >= 15 is 0 Å². The van der Waals surface area contributed by atoms with Gasteiger partial charge in [-0.1, -0.05) is 22.0 Å². The summed E-state index contributed by atoms with van der Waals surface area (Å²) in [5.74, 6) is 0.622. The largest absolute Gasteiger partial charge is 0.481 e. The topological polar surface area (TPSA) is 67.4 Å². The van der Waals surface area contributed by atoms with Crippen molar-refractivity contribution in [1.82, 2.24) is 4.57 Å². The van der Waals surface area contributed by atoms with Crippen LogP contribution >= 0.6 is 15.9 Å². The number of rotatable bonds is 1. The number of hydrogen-bond acceptors (Lipinski definition) is 3. The van der Waals surface area contributed by atoms with Crippen molar-refractivity contribution in [3.05, 3.63) is 33.9 Å². The van der Waals surface area contributed by atoms with Crippen molar-refractivity contribution in [3.63, 3.8) is 0 Å². The van der Waals surface area contributed by atoms with E-state index in [0.717, 1.165) is 21.3 Å². The van der Waals surface area contributed by atoms with Crippen LogP contribution in [0.5, 0.6) is 5.88 Å². The SMILES string of the molecule is Cn1c(/C=C2\C=Nc3cc(Br)ccc32)c(O)[n+](C)c1N. The maximum absolute atomic E-state index is 10.1. The average molecular weight is 334 g/mol. The molecule has 0 amide bonds. The molecule has 0 atom stereocenters. The first-order chi connectivity index (χ1) is 9.49. The molecule has 0 bridgehead atoms. The van der Waals surface area contributed by atoms with Crippen LogP contribution < -0.4 is 10.3 Å². The van der Waals surface area contributed by atoms with Crippen LogP contribution in [0, 0.1) is 0 Å². The predicted octanol–water partition coefficient (Wildman–Crippen LogP) is 2.16. The van der Waals surface area contributed by atoms with Crippen LogP contribution in [0.15, 0.2) is 27.7 Å². The number of benzene rings is 1. The van der Waals surface area contributed by atoms with Crippen molar-refractivity contribution in [2.45, 2.75) is 0 Å². The summed E-state index contributed by atoms with van der Waals surface area (Å²) < 4.78 is 4.28. The van der Waals surface area contributed by atoms with Gasteiger partial charge in [0.15, 0.2) is 5.69 Å². The zero-order chi connectivity index (χ0) is 14.4. The van der Waals surface area contributed by atoms with Gasteiger partial charge in [0.25, 0.3) is 5.88 Å². The molecule has 1 aliphatic rings. The van der Waals surface area contributed by atoms with E-state index in [-0.39, 0.29) is 5.88 Å². The summed E-state index contributed by atoms with van der Waals surface area (Å²) >= 11 is 3.43. The summed E-state index contributed by atoms with van der Waals surface area (Å²) in [5.41, 5.74) is 9.44. The molecule has 1 aromatic heterocycles. The molecule has 3 rings (SSSR count). The number of nitrogens with two attached hydrogens (primary N) is 1. The van der Waals surface area contributed by atoms with Crippen molar-refractivity contribution in [1.29, 1.82) is 0 Å². The van der Waals surface area contributed by atoms with Gasteiger partial charge in [0.1, 0.15) is 0 Å². The number of allylic oxidation sites excluding steroid dienone is 1. The van der Waals surface area contributed by atoms with E-state index in [1.807, 2.05) is 31.3 Å². The lowest BCUT2D eigenvalue weighted by atomic mass is 10.1. The number of imidazole rings is 1. The molecule has 0 spiro atoms. The Morgan fingerprint density at radius 3 is 2.85 bits per heavy atom. The Kier molecular flexibility index (Phi) is 2.90. The second-order valence-electron chi connectivity index (χ2n) is 4.70. The molecule has 2 aromatic rings. The monoisotopic (exact) mass is 333 g/mol. The third-order valence-electron chi connectivity index (χ3n) is 3.50. The highest BCUT2D eigenvalue weighted by atomic mass is 79.9. The van der Waals surface area contributed by atoms with Crippen molar-refractivity contribution in [2.75, 3.05) is 5.73 Å². The van der Waals surface area contributed by atoms with Crippen molar-refractivity contribution < 1.29 is 9.67 Å². The number of anilines is 1. The Hall–Kier alpha value is -2.08. The predicted molar refractivity (Wildman–Crippen MR) is 82.8 cm³/mol. The van der Waals surface area contributed by atoms with E-state index in [9.17, 15) is 5.11 Å². The fourth-order valence-corrected chi connectivity index (χ4v) is 2.62. The number of hydrogen-bond donors (Lipinski definition) is 2. The summed E-state index contributed by atoms with van der Waals surface area (Å²) in [7, 11) is 3.54. The molecule has 1 aliphatic heterocycles. The van der Waals surface area contributed by atoms with Gasteiger partial charge in [0.05, 0.1) is 19.8 Å². The first-order valence-electron chi connectivity index (χ1n) is 6.08. The fraction of sp³-hybridized carbons (Fsp3) is 0.143. The van der Waals surface area contributed by atoms with Gasteiger partial charge in [0.2, 0.25) is 0 Å². The third kappa shape index (κ3) is 1.84. The van der Waals surface area contributed by atoms with E-state index in [0.29, 0.717) is 11.6 Å². The molecule has 3 N–H and O–H groups in total. The van der Waals surface area contributed by atoms with Crippen LogP contribution in [0.1, 0.15) is 11.3 Å². The van der Waals surface area contributed by atoms with E-state index in [4.69, 9.17) is 5.73 Å². The normalized spacial score (nSPS) is 15.1. The standard InChI is InChI=1S/C14H13BrN4O/c1-18-12(13(20)19(2)14(18)16)5-8-7-17-11-6-9(15)3-4-10(8)11/h3-7,16H,1-2H3,(H,17,20)/p+1. The number of nitrogen functional groups attached to an aromatic ring is 1. The number of fused-ring (bicyclic) bond motifs is 1. The maximum Gasteiger partial charge on any atom is 0.358 e. The number of aromatic hydroxyl groups is 1. The van der Waals surface area contributed by atoms with E-state index in [1.54, 1.807) is 22.4 Å². The molecule has 0 saturated heterocycles. The van der Waals surface area contributed by atoms with Gasteiger partial charge in [-0.25, -0.2) is 9.13 Å². The first kappa shape index (κ1) is 12.9. The molecule has 5 nitrogen and oxygen atoms in total. The number of aromatic nitrogens is 2. The van der Waals surface area contributed by atoms with Gasteiger partial charge in [-0.15, -0.1) is 0 Å². The highest BCUT2D eigenvalue weighted by Gasteiger charge is 2.22. The van der Waals surface area contributed by atoms with Crippen LogP contribution in [0.3, 0.4) is 0 Å². The molecule has 0 aliphatic carbocycles. The lowest BCUT2D eigenvalue weighted by molar-refractivity contribution is -0.662. The van der Waals surface area contributed by atoms with Gasteiger partial charge in [-0.05, 0) is 18.2 Å². The van der Waals surface area contributed by atoms with E-state index in [2.05, 4.69) is 20.9 Å². The summed E-state index contributed by atoms with van der Waals surface area (Å²) in [6.45, 7) is 0. The van der Waals surface area contributed by atoms with Gasteiger partial charge < -0.3 is 5.11 Å². The molecule has 2 heterocycles. The van der Waals surface area contributed by atoms with Crippen molar-refractivity contribution in [2.24, 2.45) is 19.1 Å². The summed E-state index contributed by atoms with van der Waals surface area (Å²) in [6.07, 6.45) is 3.68. The van der Waals surface area contributed by atoms with Gasteiger partial charge in [-0.3, -0.25) is 10.7 Å².